The smallest absolute Gasteiger partial charge is 0.0459 e. The second-order valence-electron chi connectivity index (χ2n) is 5.51. The molecule has 0 spiro atoms. The Bertz CT molecular complexity index is 406. The summed E-state index contributed by atoms with van der Waals surface area (Å²) in [7, 11) is 0. The van der Waals surface area contributed by atoms with Crippen molar-refractivity contribution >= 4 is 17.3 Å². The molecule has 1 aliphatic heterocycles. The molecule has 1 aromatic rings. The second kappa shape index (κ2) is 7.16. The van der Waals surface area contributed by atoms with Gasteiger partial charge in [0.1, 0.15) is 0 Å². The zero-order valence-electron chi connectivity index (χ0n) is 11.9. The maximum Gasteiger partial charge on any atom is 0.0459 e. The molecule has 19 heavy (non-hydrogen) atoms. The molecule has 1 fully saturated rings. The Kier molecular flexibility index (Phi) is 5.53. The fraction of sp³-hybridized carbons (Fsp3) is 0.625. The van der Waals surface area contributed by atoms with E-state index >= 15 is 0 Å². The van der Waals surface area contributed by atoms with Crippen molar-refractivity contribution < 1.29 is 0 Å². The van der Waals surface area contributed by atoms with Gasteiger partial charge in [0.25, 0.3) is 0 Å². The lowest BCUT2D eigenvalue weighted by molar-refractivity contribution is 0.459. The van der Waals surface area contributed by atoms with Crippen LogP contribution in [-0.4, -0.2) is 19.6 Å². The molecule has 1 aromatic carbocycles. The molecule has 1 atom stereocenters. The molecule has 1 aliphatic rings. The first kappa shape index (κ1) is 14.7. The molecule has 0 amide bonds. The molecule has 3 heteroatoms. The first-order valence-corrected chi connectivity index (χ1v) is 7.85. The average Bonchev–Trinajstić information content (AvgIpc) is 2.66. The van der Waals surface area contributed by atoms with Gasteiger partial charge in [-0.3, -0.25) is 0 Å². The van der Waals surface area contributed by atoms with Gasteiger partial charge < -0.3 is 10.6 Å². The highest BCUT2D eigenvalue weighted by Crippen LogP contribution is 2.28. The van der Waals surface area contributed by atoms with Gasteiger partial charge in [0.2, 0.25) is 0 Å². The Morgan fingerprint density at radius 3 is 2.84 bits per heavy atom. The minimum absolute atomic E-state index is 0.654. The number of nitrogens with two attached hydrogens (primary N) is 1. The van der Waals surface area contributed by atoms with Crippen molar-refractivity contribution in [2.24, 2.45) is 11.7 Å². The van der Waals surface area contributed by atoms with Crippen LogP contribution in [-0.2, 0) is 6.42 Å². The molecular formula is C16H25ClN2. The number of halogens is 1. The fourth-order valence-electron chi connectivity index (χ4n) is 2.92. The number of benzene rings is 1. The van der Waals surface area contributed by atoms with Crippen LogP contribution in [0.5, 0.6) is 0 Å². The lowest BCUT2D eigenvalue weighted by atomic mass is 9.98. The van der Waals surface area contributed by atoms with Crippen LogP contribution in [0.1, 0.15) is 38.2 Å². The summed E-state index contributed by atoms with van der Waals surface area (Å²) in [5, 5.41) is 0.860. The van der Waals surface area contributed by atoms with E-state index in [2.05, 4.69) is 30.0 Å². The van der Waals surface area contributed by atoms with Gasteiger partial charge in [0.05, 0.1) is 0 Å². The van der Waals surface area contributed by atoms with E-state index in [0.717, 1.165) is 36.0 Å². The Morgan fingerprint density at radius 2 is 2.16 bits per heavy atom. The zero-order valence-corrected chi connectivity index (χ0v) is 12.6. The van der Waals surface area contributed by atoms with E-state index in [1.165, 1.54) is 31.4 Å². The quantitative estimate of drug-likeness (QED) is 0.907. The van der Waals surface area contributed by atoms with Gasteiger partial charge in [-0.1, -0.05) is 31.0 Å². The molecule has 0 bridgehead atoms. The molecule has 0 radical (unpaired) electrons. The van der Waals surface area contributed by atoms with E-state index in [1.807, 2.05) is 0 Å². The molecule has 0 aliphatic carbocycles. The molecule has 106 valence electrons. The van der Waals surface area contributed by atoms with Crippen LogP contribution in [0.3, 0.4) is 0 Å². The van der Waals surface area contributed by atoms with Crippen LogP contribution in [0.2, 0.25) is 5.02 Å². The van der Waals surface area contributed by atoms with E-state index in [9.17, 15) is 0 Å². The summed E-state index contributed by atoms with van der Waals surface area (Å²) in [6, 6.07) is 6.44. The van der Waals surface area contributed by atoms with Gasteiger partial charge >= 0.3 is 0 Å². The fourth-order valence-corrected chi connectivity index (χ4v) is 3.19. The number of nitrogens with zero attached hydrogens (tertiary/aromatic N) is 1. The Morgan fingerprint density at radius 1 is 1.32 bits per heavy atom. The third kappa shape index (κ3) is 3.87. The molecule has 2 rings (SSSR count). The second-order valence-corrected chi connectivity index (χ2v) is 5.91. The van der Waals surface area contributed by atoms with Gasteiger partial charge in [-0.25, -0.2) is 0 Å². The Balaban J connectivity index is 2.07. The summed E-state index contributed by atoms with van der Waals surface area (Å²) in [4.78, 5) is 2.48. The van der Waals surface area contributed by atoms with E-state index in [-0.39, 0.29) is 0 Å². The van der Waals surface area contributed by atoms with Crippen LogP contribution < -0.4 is 10.6 Å². The predicted octanol–water partition coefficient (Wildman–Crippen LogP) is 3.86. The number of rotatable bonds is 4. The van der Waals surface area contributed by atoms with E-state index in [4.69, 9.17) is 17.3 Å². The van der Waals surface area contributed by atoms with Gasteiger partial charge in [0, 0.05) is 23.8 Å². The highest BCUT2D eigenvalue weighted by Gasteiger charge is 2.16. The van der Waals surface area contributed by atoms with Crippen LogP contribution in [0, 0.1) is 5.92 Å². The Labute approximate surface area is 121 Å². The number of hydrogen-bond acceptors (Lipinski definition) is 2. The van der Waals surface area contributed by atoms with Crippen LogP contribution >= 0.6 is 11.6 Å². The summed E-state index contributed by atoms with van der Waals surface area (Å²) in [6.07, 6.45) is 6.13. The standard InChI is InChI=1S/C16H25ClN2/c1-2-13-4-3-10-19(11-8-13)15-6-5-14(7-9-18)16(17)12-15/h5-6,12-13H,2-4,7-11,18H2,1H3. The molecular weight excluding hydrogens is 256 g/mol. The maximum atomic E-state index is 6.34. The third-order valence-electron chi connectivity index (χ3n) is 4.24. The molecule has 1 saturated heterocycles. The maximum absolute atomic E-state index is 6.34. The molecule has 2 nitrogen and oxygen atoms in total. The number of anilines is 1. The van der Waals surface area contributed by atoms with Crippen LogP contribution in [0.25, 0.3) is 0 Å². The van der Waals surface area contributed by atoms with Gasteiger partial charge in [0.15, 0.2) is 0 Å². The van der Waals surface area contributed by atoms with E-state index < -0.39 is 0 Å². The van der Waals surface area contributed by atoms with Crippen molar-refractivity contribution in [1.29, 1.82) is 0 Å². The SMILES string of the molecule is CCC1CCCN(c2ccc(CCN)c(Cl)c2)CC1. The lowest BCUT2D eigenvalue weighted by Crippen LogP contribution is -2.24. The molecule has 0 saturated carbocycles. The predicted molar refractivity (Wildman–Crippen MR) is 84.1 cm³/mol. The minimum Gasteiger partial charge on any atom is -0.371 e. The largest absolute Gasteiger partial charge is 0.371 e. The normalized spacial score (nSPS) is 20.4. The molecule has 1 unspecified atom stereocenters. The van der Waals surface area contributed by atoms with Gasteiger partial charge in [-0.2, -0.15) is 0 Å². The summed E-state index contributed by atoms with van der Waals surface area (Å²) >= 11 is 6.34. The monoisotopic (exact) mass is 280 g/mol. The van der Waals surface area contributed by atoms with E-state index in [1.54, 1.807) is 0 Å². The average molecular weight is 281 g/mol. The van der Waals surface area contributed by atoms with Gasteiger partial charge in [-0.05, 0) is 55.8 Å². The summed E-state index contributed by atoms with van der Waals surface area (Å²) < 4.78 is 0. The third-order valence-corrected chi connectivity index (χ3v) is 4.59. The lowest BCUT2D eigenvalue weighted by Gasteiger charge is -2.23. The van der Waals surface area contributed by atoms with Crippen molar-refractivity contribution in [2.75, 3.05) is 24.5 Å². The van der Waals surface area contributed by atoms with E-state index in [0.29, 0.717) is 6.54 Å². The minimum atomic E-state index is 0.654. The first-order valence-electron chi connectivity index (χ1n) is 7.48. The molecule has 0 aromatic heterocycles. The summed E-state index contributed by atoms with van der Waals surface area (Å²) in [6.45, 7) is 5.27. The van der Waals surface area contributed by atoms with Crippen molar-refractivity contribution in [3.63, 3.8) is 0 Å². The van der Waals surface area contributed by atoms with Gasteiger partial charge in [-0.15, -0.1) is 0 Å². The van der Waals surface area contributed by atoms with Crippen LogP contribution in [0.15, 0.2) is 18.2 Å². The van der Waals surface area contributed by atoms with Crippen LogP contribution in [0.4, 0.5) is 5.69 Å². The first-order chi connectivity index (χ1) is 9.24. The molecule has 1 heterocycles. The topological polar surface area (TPSA) is 29.3 Å². The summed E-state index contributed by atoms with van der Waals surface area (Å²) in [5.41, 5.74) is 8.02. The highest BCUT2D eigenvalue weighted by atomic mass is 35.5. The van der Waals surface area contributed by atoms with Crippen molar-refractivity contribution in [1.82, 2.24) is 0 Å². The zero-order chi connectivity index (χ0) is 13.7. The molecule has 2 N–H and O–H groups in total. The highest BCUT2D eigenvalue weighted by molar-refractivity contribution is 6.31. The van der Waals surface area contributed by atoms with Crippen molar-refractivity contribution in [3.8, 4) is 0 Å². The van der Waals surface area contributed by atoms with Crippen molar-refractivity contribution in [2.45, 2.75) is 39.0 Å². The number of hydrogen-bond donors (Lipinski definition) is 1. The van der Waals surface area contributed by atoms with Crippen molar-refractivity contribution in [3.05, 3.63) is 28.8 Å². The summed E-state index contributed by atoms with van der Waals surface area (Å²) in [5.74, 6) is 0.900. The Hall–Kier alpha value is -0.730.